The van der Waals surface area contributed by atoms with Gasteiger partial charge in [0.25, 0.3) is 0 Å². The van der Waals surface area contributed by atoms with Gasteiger partial charge >= 0.3 is 204 Å². The van der Waals surface area contributed by atoms with Crippen LogP contribution in [0.5, 0.6) is 0 Å². The monoisotopic (exact) mass is 771 g/mol. The fraction of sp³-hybridized carbons (Fsp3) is 0.371. The molecule has 0 aliphatic carbocycles. The van der Waals surface area contributed by atoms with Gasteiger partial charge in [0.15, 0.2) is 0 Å². The molecule has 1 aliphatic heterocycles. The van der Waals surface area contributed by atoms with Crippen molar-refractivity contribution in [3.8, 4) is 6.26 Å². The summed E-state index contributed by atoms with van der Waals surface area (Å²) < 4.78 is 14.2. The Morgan fingerprint density at radius 1 is 1.00 bits per heavy atom. The van der Waals surface area contributed by atoms with Crippen molar-refractivity contribution in [3.05, 3.63) is 81.8 Å². The van der Waals surface area contributed by atoms with E-state index in [9.17, 15) is 9.59 Å². The van der Waals surface area contributed by atoms with Gasteiger partial charge in [-0.05, 0) is 30.1 Å². The zero-order chi connectivity index (χ0) is 37.6. The van der Waals surface area contributed by atoms with Crippen LogP contribution in [0.3, 0.4) is 0 Å². The Bertz CT molecular complexity index is 1680. The van der Waals surface area contributed by atoms with E-state index in [1.807, 2.05) is 80.0 Å². The second-order valence-corrected chi connectivity index (χ2v) is 14.8. The summed E-state index contributed by atoms with van der Waals surface area (Å²) >= 11 is 15.6. The van der Waals surface area contributed by atoms with E-state index in [1.165, 1.54) is 11.9 Å². The molecular formula is C35H44BCl2N7O4S2. The molecule has 4 rings (SSSR count). The number of hydrogen-bond acceptors (Lipinski definition) is 11. The molecular weight excluding hydrogens is 728 g/mol. The van der Waals surface area contributed by atoms with Crippen molar-refractivity contribution in [2.24, 2.45) is 0 Å². The Labute approximate surface area is 320 Å². The summed E-state index contributed by atoms with van der Waals surface area (Å²) in [5, 5.41) is 18.7. The molecule has 272 valence electrons. The SMILES string of the molecule is CC.CSN(C)c1ccc(CNC(=BOC#N)NC(=O)OC(C)(C)C)cc1C(=O)Nc1ccc(SN2CCN(c3cc(Cl)cc(Cl)c3)CC2)cc1. The molecule has 0 unspecified atom stereocenters. The van der Waals surface area contributed by atoms with E-state index in [0.717, 1.165) is 55.1 Å². The number of amides is 2. The van der Waals surface area contributed by atoms with Gasteiger partial charge in [-0.3, -0.25) is 0 Å². The van der Waals surface area contributed by atoms with E-state index < -0.39 is 11.7 Å². The van der Waals surface area contributed by atoms with E-state index in [1.54, 1.807) is 51.1 Å². The van der Waals surface area contributed by atoms with Crippen LogP contribution in [0.1, 0.15) is 50.5 Å². The average molecular weight is 773 g/mol. The predicted molar refractivity (Wildman–Crippen MR) is 214 cm³/mol. The van der Waals surface area contributed by atoms with E-state index in [4.69, 9.17) is 37.9 Å². The molecule has 0 saturated carbocycles. The second-order valence-electron chi connectivity index (χ2n) is 11.9. The Kier molecular flexibility index (Phi) is 16.6. The first kappa shape index (κ1) is 41.7. The van der Waals surface area contributed by atoms with Crippen LogP contribution in [0.4, 0.5) is 21.9 Å². The average Bonchev–Trinajstić information content (AvgIpc) is 3.09. The van der Waals surface area contributed by atoms with Gasteiger partial charge in [0.2, 0.25) is 0 Å². The number of carbonyl (C=O) groups excluding carboxylic acids is 2. The van der Waals surface area contributed by atoms with Crippen molar-refractivity contribution in [2.75, 3.05) is 54.0 Å². The maximum absolute atomic E-state index is 13.6. The summed E-state index contributed by atoms with van der Waals surface area (Å²) in [6, 6.07) is 18.9. The molecule has 0 bridgehead atoms. The van der Waals surface area contributed by atoms with E-state index >= 15 is 0 Å². The summed E-state index contributed by atoms with van der Waals surface area (Å²) in [5.41, 5.74) is 3.05. The molecule has 51 heavy (non-hydrogen) atoms. The number of nitriles is 1. The second kappa shape index (κ2) is 20.3. The number of anilines is 3. The molecule has 1 fully saturated rings. The molecule has 1 aliphatic rings. The number of piperazine rings is 1. The number of rotatable bonds is 12. The fourth-order valence-corrected chi connectivity index (χ4v) is 6.54. The molecule has 1 heterocycles. The third kappa shape index (κ3) is 13.7. The van der Waals surface area contributed by atoms with Crippen LogP contribution in [0.15, 0.2) is 65.6 Å². The van der Waals surface area contributed by atoms with Crippen molar-refractivity contribution in [3.63, 3.8) is 0 Å². The quantitative estimate of drug-likeness (QED) is 0.0957. The number of carbonyl (C=O) groups is 2. The van der Waals surface area contributed by atoms with Crippen molar-refractivity contribution in [2.45, 2.75) is 51.7 Å². The van der Waals surface area contributed by atoms with Gasteiger partial charge in [-0.25, -0.2) is 4.31 Å². The third-order valence-corrected chi connectivity index (χ3v) is 9.35. The van der Waals surface area contributed by atoms with E-state index in [0.29, 0.717) is 21.3 Å². The molecule has 0 radical (unpaired) electrons. The first-order valence-electron chi connectivity index (χ1n) is 16.3. The standard InChI is InChI=1S/C33H38BCl2N7O4S2.C2H6/c1-33(2,3)47-32(45)40-31(34-46-21-37)38-20-22-6-11-29(41(4)48-5)28(16-22)30(44)39-25-7-9-27(10-8-25)49-43-14-12-42(13-15-43)26-18-23(35)17-24(36)19-26;1-2/h6-11,16-19,38H,12-15,20H2,1-5H3,(H,39,44)(H,40,45);1-2H3. The molecule has 3 aromatic carbocycles. The van der Waals surface area contributed by atoms with Gasteiger partial charge in [-0.1, -0.05) is 37.0 Å². The number of halogens is 2. The first-order chi connectivity index (χ1) is 24.3. The van der Waals surface area contributed by atoms with Gasteiger partial charge < -0.3 is 4.90 Å². The minimum absolute atomic E-state index is 0.123. The van der Waals surface area contributed by atoms with Crippen LogP contribution in [0.25, 0.3) is 0 Å². The predicted octanol–water partition coefficient (Wildman–Crippen LogP) is 7.63. The number of ether oxygens (including phenoxy) is 1. The number of benzene rings is 3. The molecule has 2 amide bonds. The van der Waals surface area contributed by atoms with E-state index in [2.05, 4.69) is 25.2 Å². The molecule has 0 spiro atoms. The maximum atomic E-state index is 13.6. The summed E-state index contributed by atoms with van der Waals surface area (Å²) in [5.74, 6) is -0.272. The topological polar surface area (TPSA) is 122 Å². The Balaban J connectivity index is 0.00000345. The molecule has 16 heteroatoms. The number of alkyl carbamates (subject to hydrolysis) is 1. The molecule has 11 nitrogen and oxygen atoms in total. The molecule has 0 aromatic heterocycles. The van der Waals surface area contributed by atoms with Crippen molar-refractivity contribution in [1.29, 1.82) is 5.26 Å². The summed E-state index contributed by atoms with van der Waals surface area (Å²) in [6.45, 7) is 12.9. The van der Waals surface area contributed by atoms with E-state index in [-0.39, 0.29) is 18.2 Å². The number of nitrogens with one attached hydrogen (secondary N) is 3. The van der Waals surface area contributed by atoms with Gasteiger partial charge in [-0.2, -0.15) is 0 Å². The molecule has 3 aromatic rings. The minimum atomic E-state index is -0.712. The third-order valence-electron chi connectivity index (χ3n) is 7.06. The van der Waals surface area contributed by atoms with Gasteiger partial charge in [0, 0.05) is 41.9 Å². The van der Waals surface area contributed by atoms with Crippen molar-refractivity contribution >= 4 is 89.0 Å². The number of nitrogens with zero attached hydrogens (tertiary/aromatic N) is 4. The summed E-state index contributed by atoms with van der Waals surface area (Å²) in [4.78, 5) is 29.2. The van der Waals surface area contributed by atoms with Crippen molar-refractivity contribution < 1.29 is 19.0 Å². The van der Waals surface area contributed by atoms with Crippen LogP contribution >= 0.6 is 47.1 Å². The van der Waals surface area contributed by atoms with Crippen LogP contribution < -0.4 is 25.2 Å². The summed E-state index contributed by atoms with van der Waals surface area (Å²) in [7, 11) is 2.96. The van der Waals surface area contributed by atoms with Crippen LogP contribution in [0.2, 0.25) is 10.0 Å². The van der Waals surface area contributed by atoms with Crippen LogP contribution in [0, 0.1) is 11.5 Å². The fourth-order valence-electron chi connectivity index (χ4n) is 4.77. The Morgan fingerprint density at radius 2 is 1.65 bits per heavy atom. The van der Waals surface area contributed by atoms with Crippen molar-refractivity contribution in [1.82, 2.24) is 14.9 Å². The van der Waals surface area contributed by atoms with Crippen LogP contribution in [-0.4, -0.2) is 74.2 Å². The molecule has 0 atom stereocenters. The molecule has 1 saturated heterocycles. The Hall–Kier alpha value is -3.74. The van der Waals surface area contributed by atoms with Gasteiger partial charge in [0.05, 0.1) is 0 Å². The van der Waals surface area contributed by atoms with Crippen LogP contribution in [-0.2, 0) is 15.9 Å². The molecule has 3 N–H and O–H groups in total. The normalized spacial score (nSPS) is 13.1. The Morgan fingerprint density at radius 3 is 2.24 bits per heavy atom. The number of hydrogen-bond donors (Lipinski definition) is 3. The first-order valence-corrected chi connectivity index (χ1v) is 19.0. The van der Waals surface area contributed by atoms with Gasteiger partial charge in [-0.15, -0.1) is 0 Å². The zero-order valence-corrected chi connectivity index (χ0v) is 33.0. The summed E-state index contributed by atoms with van der Waals surface area (Å²) in [6.07, 6.45) is 2.76. The van der Waals surface area contributed by atoms with Gasteiger partial charge in [0.1, 0.15) is 0 Å². The zero-order valence-electron chi connectivity index (χ0n) is 29.9.